The molecule has 2 atom stereocenters. The Morgan fingerprint density at radius 2 is 1.86 bits per heavy atom. The van der Waals surface area contributed by atoms with Crippen molar-refractivity contribution in [3.05, 3.63) is 29.8 Å². The predicted molar refractivity (Wildman–Crippen MR) is 68.3 cm³/mol. The molecule has 2 unspecified atom stereocenters. The predicted octanol–water partition coefficient (Wildman–Crippen LogP) is 2.57. The molecule has 0 spiro atoms. The molecule has 1 N–H and O–H groups in total. The summed E-state index contributed by atoms with van der Waals surface area (Å²) in [6, 6.07) is 5.61. The van der Waals surface area contributed by atoms with Gasteiger partial charge in [-0.25, -0.2) is 0 Å². The lowest BCUT2D eigenvalue weighted by Gasteiger charge is -2.24. The summed E-state index contributed by atoms with van der Waals surface area (Å²) in [5, 5.41) is 3.17. The molecular weight excluding hydrogens is 285 g/mol. The molecule has 1 saturated heterocycles. The summed E-state index contributed by atoms with van der Waals surface area (Å²) < 4.78 is 40.2. The number of rotatable bonds is 3. The van der Waals surface area contributed by atoms with Crippen LogP contribution in [0.4, 0.5) is 13.2 Å². The van der Waals surface area contributed by atoms with Gasteiger partial charge in [0.2, 0.25) is 5.91 Å². The van der Waals surface area contributed by atoms with Crippen LogP contribution in [0.2, 0.25) is 0 Å². The summed E-state index contributed by atoms with van der Waals surface area (Å²) in [4.78, 5) is 13.9. The van der Waals surface area contributed by atoms with E-state index in [-0.39, 0.29) is 29.9 Å². The van der Waals surface area contributed by atoms with Crippen molar-refractivity contribution in [2.75, 3.05) is 0 Å². The standard InChI is InChI=1S/C14H15F3N2O2/c1-8-13(20)19(10-4-5-10)12(18-8)9-2-6-11(7-3-9)21-14(15,16)17/h2-3,6-8,10,12,18H,4-5H2,1H3. The van der Waals surface area contributed by atoms with Crippen molar-refractivity contribution in [2.45, 2.75) is 44.4 Å². The summed E-state index contributed by atoms with van der Waals surface area (Å²) in [7, 11) is 0. The van der Waals surface area contributed by atoms with Crippen LogP contribution in [-0.2, 0) is 4.79 Å². The van der Waals surface area contributed by atoms with E-state index in [1.807, 2.05) is 0 Å². The van der Waals surface area contributed by atoms with E-state index in [1.165, 1.54) is 12.1 Å². The van der Waals surface area contributed by atoms with Gasteiger partial charge < -0.3 is 9.64 Å². The number of hydrogen-bond donors (Lipinski definition) is 1. The number of hydrogen-bond acceptors (Lipinski definition) is 3. The number of ether oxygens (including phenoxy) is 1. The maximum atomic E-state index is 12.1. The van der Waals surface area contributed by atoms with Gasteiger partial charge >= 0.3 is 6.36 Å². The van der Waals surface area contributed by atoms with Crippen LogP contribution in [0, 0.1) is 0 Å². The van der Waals surface area contributed by atoms with Crippen molar-refractivity contribution in [3.8, 4) is 5.75 Å². The molecule has 2 aliphatic rings. The number of alkyl halides is 3. The minimum Gasteiger partial charge on any atom is -0.406 e. The van der Waals surface area contributed by atoms with Crippen molar-refractivity contribution in [2.24, 2.45) is 0 Å². The summed E-state index contributed by atoms with van der Waals surface area (Å²) in [5.74, 6) is -0.222. The van der Waals surface area contributed by atoms with Crippen LogP contribution in [0.25, 0.3) is 0 Å². The van der Waals surface area contributed by atoms with Crippen LogP contribution >= 0.6 is 0 Å². The zero-order chi connectivity index (χ0) is 15.2. The molecule has 0 radical (unpaired) electrons. The van der Waals surface area contributed by atoms with Crippen LogP contribution < -0.4 is 10.1 Å². The normalized spacial score (nSPS) is 26.3. The van der Waals surface area contributed by atoms with Crippen molar-refractivity contribution < 1.29 is 22.7 Å². The fourth-order valence-corrected chi connectivity index (χ4v) is 2.59. The molecule has 1 saturated carbocycles. The van der Waals surface area contributed by atoms with E-state index in [1.54, 1.807) is 24.0 Å². The van der Waals surface area contributed by atoms with Gasteiger partial charge in [0.15, 0.2) is 0 Å². The summed E-state index contributed by atoms with van der Waals surface area (Å²) in [6.45, 7) is 1.79. The number of nitrogens with zero attached hydrogens (tertiary/aromatic N) is 1. The molecule has 1 heterocycles. The molecule has 0 bridgehead atoms. The van der Waals surface area contributed by atoms with Gasteiger partial charge in [0, 0.05) is 6.04 Å². The van der Waals surface area contributed by atoms with E-state index in [0.717, 1.165) is 18.4 Å². The first-order valence-electron chi connectivity index (χ1n) is 6.79. The van der Waals surface area contributed by atoms with Crippen molar-refractivity contribution in [1.29, 1.82) is 0 Å². The minimum absolute atomic E-state index is 0.0399. The molecule has 1 aromatic rings. The third-order valence-electron chi connectivity index (χ3n) is 3.68. The molecule has 3 rings (SSSR count). The van der Waals surface area contributed by atoms with E-state index in [2.05, 4.69) is 10.1 Å². The molecule has 1 amide bonds. The largest absolute Gasteiger partial charge is 0.573 e. The quantitative estimate of drug-likeness (QED) is 0.933. The average Bonchev–Trinajstić information content (AvgIpc) is 3.17. The molecule has 7 heteroatoms. The summed E-state index contributed by atoms with van der Waals surface area (Å²) >= 11 is 0. The Morgan fingerprint density at radius 3 is 2.38 bits per heavy atom. The van der Waals surface area contributed by atoms with Gasteiger partial charge in [0.05, 0.1) is 6.04 Å². The Balaban J connectivity index is 1.78. The van der Waals surface area contributed by atoms with Crippen LogP contribution in [0.5, 0.6) is 5.75 Å². The Labute approximate surface area is 119 Å². The fourth-order valence-electron chi connectivity index (χ4n) is 2.59. The topological polar surface area (TPSA) is 41.6 Å². The first-order valence-corrected chi connectivity index (χ1v) is 6.79. The number of benzene rings is 1. The first kappa shape index (κ1) is 14.2. The highest BCUT2D eigenvalue weighted by Gasteiger charge is 2.45. The summed E-state index contributed by atoms with van der Waals surface area (Å²) in [6.07, 6.45) is -3.02. The lowest BCUT2D eigenvalue weighted by atomic mass is 10.1. The monoisotopic (exact) mass is 300 g/mol. The van der Waals surface area contributed by atoms with Crippen molar-refractivity contribution in [1.82, 2.24) is 10.2 Å². The second kappa shape index (κ2) is 4.91. The lowest BCUT2D eigenvalue weighted by molar-refractivity contribution is -0.274. The van der Waals surface area contributed by atoms with Crippen LogP contribution in [0.15, 0.2) is 24.3 Å². The second-order valence-corrected chi connectivity index (χ2v) is 5.38. The highest BCUT2D eigenvalue weighted by molar-refractivity contribution is 5.84. The highest BCUT2D eigenvalue weighted by atomic mass is 19.4. The second-order valence-electron chi connectivity index (χ2n) is 5.38. The number of amides is 1. The van der Waals surface area contributed by atoms with Gasteiger partial charge in [0.25, 0.3) is 0 Å². The maximum absolute atomic E-state index is 12.1. The smallest absolute Gasteiger partial charge is 0.406 e. The Bertz CT molecular complexity index is 540. The molecule has 21 heavy (non-hydrogen) atoms. The van der Waals surface area contributed by atoms with E-state index < -0.39 is 6.36 Å². The van der Waals surface area contributed by atoms with E-state index in [4.69, 9.17) is 0 Å². The number of carbonyl (C=O) groups excluding carboxylic acids is 1. The van der Waals surface area contributed by atoms with E-state index in [0.29, 0.717) is 0 Å². The molecular formula is C14H15F3N2O2. The molecule has 1 aliphatic heterocycles. The van der Waals surface area contributed by atoms with Gasteiger partial charge in [-0.15, -0.1) is 13.2 Å². The molecule has 4 nitrogen and oxygen atoms in total. The average molecular weight is 300 g/mol. The fraction of sp³-hybridized carbons (Fsp3) is 0.500. The van der Waals surface area contributed by atoms with Crippen LogP contribution in [0.3, 0.4) is 0 Å². The third-order valence-corrected chi connectivity index (χ3v) is 3.68. The van der Waals surface area contributed by atoms with E-state index in [9.17, 15) is 18.0 Å². The number of carbonyl (C=O) groups is 1. The Morgan fingerprint density at radius 1 is 1.24 bits per heavy atom. The zero-order valence-electron chi connectivity index (χ0n) is 11.4. The van der Waals surface area contributed by atoms with E-state index >= 15 is 0 Å². The van der Waals surface area contributed by atoms with Gasteiger partial charge in [-0.05, 0) is 37.5 Å². The third kappa shape index (κ3) is 2.97. The van der Waals surface area contributed by atoms with Crippen molar-refractivity contribution in [3.63, 3.8) is 0 Å². The maximum Gasteiger partial charge on any atom is 0.573 e. The molecule has 1 aliphatic carbocycles. The van der Waals surface area contributed by atoms with Crippen LogP contribution in [0.1, 0.15) is 31.5 Å². The highest BCUT2D eigenvalue weighted by Crippen LogP contribution is 2.37. The first-order chi connectivity index (χ1) is 9.85. The number of halogens is 3. The molecule has 114 valence electrons. The van der Waals surface area contributed by atoms with Crippen LogP contribution in [-0.4, -0.2) is 29.3 Å². The van der Waals surface area contributed by atoms with Gasteiger partial charge in [-0.1, -0.05) is 12.1 Å². The Hall–Kier alpha value is -1.76. The van der Waals surface area contributed by atoms with Gasteiger partial charge in [-0.3, -0.25) is 10.1 Å². The zero-order valence-corrected chi connectivity index (χ0v) is 11.4. The Kier molecular flexibility index (Phi) is 3.32. The molecule has 2 fully saturated rings. The molecule has 1 aromatic carbocycles. The lowest BCUT2D eigenvalue weighted by Crippen LogP contribution is -2.32. The van der Waals surface area contributed by atoms with Gasteiger partial charge in [-0.2, -0.15) is 0 Å². The SMILES string of the molecule is CC1NC(c2ccc(OC(F)(F)F)cc2)N(C2CC2)C1=O. The summed E-state index contributed by atoms with van der Waals surface area (Å²) in [5.41, 5.74) is 0.758. The molecule has 0 aromatic heterocycles. The minimum atomic E-state index is -4.70. The van der Waals surface area contributed by atoms with Gasteiger partial charge in [0.1, 0.15) is 11.9 Å². The van der Waals surface area contributed by atoms with Crippen molar-refractivity contribution >= 4 is 5.91 Å². The number of nitrogens with one attached hydrogen (secondary N) is 1.